The maximum atomic E-state index is 11.8. The molecule has 126 valence electrons. The number of hydrogen-bond donors (Lipinski definition) is 0. The average Bonchev–Trinajstić information content (AvgIpc) is 2.72. The summed E-state index contributed by atoms with van der Waals surface area (Å²) in [6.07, 6.45) is 0. The molecule has 0 spiro atoms. The molecule has 27 heavy (non-hydrogen) atoms. The summed E-state index contributed by atoms with van der Waals surface area (Å²) in [6, 6.07) is 38.7. The summed E-state index contributed by atoms with van der Waals surface area (Å²) in [4.78, 5) is 0. The molecule has 0 aromatic heterocycles. The van der Waals surface area contributed by atoms with Crippen molar-refractivity contribution in [3.63, 3.8) is 0 Å². The topological polar surface area (TPSA) is 23.1 Å². The van der Waals surface area contributed by atoms with Crippen LogP contribution >= 0.6 is 0 Å². The summed E-state index contributed by atoms with van der Waals surface area (Å²) in [5, 5.41) is 11.8. The van der Waals surface area contributed by atoms with Gasteiger partial charge in [-0.3, -0.25) is 0 Å². The van der Waals surface area contributed by atoms with Gasteiger partial charge in [0.25, 0.3) is 0 Å². The van der Waals surface area contributed by atoms with Crippen molar-refractivity contribution >= 4 is 0 Å². The van der Waals surface area contributed by atoms with Crippen LogP contribution in [0.5, 0.6) is 5.75 Å². The van der Waals surface area contributed by atoms with Gasteiger partial charge in [0.05, 0.1) is 5.41 Å². The van der Waals surface area contributed by atoms with Gasteiger partial charge < -0.3 is 5.11 Å². The second kappa shape index (κ2) is 8.58. The zero-order valence-electron chi connectivity index (χ0n) is 15.4. The molecular formula is C25H19NaO. The van der Waals surface area contributed by atoms with Crippen molar-refractivity contribution < 1.29 is 34.7 Å². The van der Waals surface area contributed by atoms with E-state index in [1.165, 1.54) is 16.7 Å². The second-order valence-electron chi connectivity index (χ2n) is 6.37. The third-order valence-electron chi connectivity index (χ3n) is 4.91. The van der Waals surface area contributed by atoms with E-state index in [1.807, 2.05) is 30.3 Å². The number of rotatable bonds is 4. The number of hydrogen-bond acceptors (Lipinski definition) is 1. The van der Waals surface area contributed by atoms with Gasteiger partial charge in [0.2, 0.25) is 0 Å². The van der Waals surface area contributed by atoms with Gasteiger partial charge >= 0.3 is 29.6 Å². The molecule has 0 radical (unpaired) electrons. The molecule has 1 nitrogen and oxygen atoms in total. The molecule has 0 aliphatic rings. The monoisotopic (exact) mass is 358 g/mol. The summed E-state index contributed by atoms with van der Waals surface area (Å²) in [6.45, 7) is 0. The standard InChI is InChI=1S/C25H20O.Na/c26-24-18-16-23(17-19-24)25(20-10-4-1-5-11-20,21-12-6-2-7-13-21)22-14-8-3-9-15-22;/h1-19,26H;/q;+1/p-1. The van der Waals surface area contributed by atoms with Crippen LogP contribution in [0.3, 0.4) is 0 Å². The fraction of sp³-hybridized carbons (Fsp3) is 0.0400. The molecule has 0 N–H and O–H groups in total. The third kappa shape index (κ3) is 3.59. The van der Waals surface area contributed by atoms with Crippen molar-refractivity contribution in [3.05, 3.63) is 138 Å². The molecule has 0 heterocycles. The zero-order chi connectivity index (χ0) is 17.8. The fourth-order valence-electron chi connectivity index (χ4n) is 3.77. The Balaban J connectivity index is 0.00000210. The zero-order valence-corrected chi connectivity index (χ0v) is 17.4. The quantitative estimate of drug-likeness (QED) is 0.405. The molecule has 0 amide bonds. The minimum Gasteiger partial charge on any atom is -0.872 e. The molecular weight excluding hydrogens is 339 g/mol. The molecule has 0 atom stereocenters. The van der Waals surface area contributed by atoms with E-state index in [9.17, 15) is 5.11 Å². The van der Waals surface area contributed by atoms with Crippen molar-refractivity contribution in [1.29, 1.82) is 0 Å². The van der Waals surface area contributed by atoms with Gasteiger partial charge in [-0.25, -0.2) is 0 Å². The molecule has 0 aliphatic heterocycles. The molecule has 0 saturated carbocycles. The predicted octanol–water partition coefficient (Wildman–Crippen LogP) is 2.15. The fourth-order valence-corrected chi connectivity index (χ4v) is 3.77. The van der Waals surface area contributed by atoms with Gasteiger partial charge in [0.15, 0.2) is 0 Å². The first-order valence-corrected chi connectivity index (χ1v) is 8.76. The Morgan fingerprint density at radius 1 is 0.407 bits per heavy atom. The van der Waals surface area contributed by atoms with Gasteiger partial charge in [0.1, 0.15) is 0 Å². The van der Waals surface area contributed by atoms with Crippen LogP contribution in [0.1, 0.15) is 22.3 Å². The minimum atomic E-state index is -0.475. The molecule has 0 bridgehead atoms. The van der Waals surface area contributed by atoms with Crippen LogP contribution in [0.15, 0.2) is 115 Å². The van der Waals surface area contributed by atoms with Crippen LogP contribution in [0.4, 0.5) is 0 Å². The summed E-state index contributed by atoms with van der Waals surface area (Å²) in [5.41, 5.74) is 4.14. The van der Waals surface area contributed by atoms with E-state index in [0.29, 0.717) is 0 Å². The van der Waals surface area contributed by atoms with Crippen molar-refractivity contribution in [2.24, 2.45) is 0 Å². The predicted molar refractivity (Wildman–Crippen MR) is 104 cm³/mol. The Morgan fingerprint density at radius 2 is 0.704 bits per heavy atom. The van der Waals surface area contributed by atoms with Crippen LogP contribution in [-0.4, -0.2) is 0 Å². The molecule has 4 aromatic rings. The Hall–Kier alpha value is -2.32. The first-order valence-electron chi connectivity index (χ1n) is 8.76. The van der Waals surface area contributed by atoms with Crippen molar-refractivity contribution in [2.45, 2.75) is 5.41 Å². The molecule has 4 aromatic carbocycles. The van der Waals surface area contributed by atoms with E-state index in [2.05, 4.69) is 72.8 Å². The van der Waals surface area contributed by atoms with Gasteiger partial charge in [0, 0.05) is 0 Å². The van der Waals surface area contributed by atoms with Crippen molar-refractivity contribution in [1.82, 2.24) is 0 Å². The molecule has 4 rings (SSSR count). The van der Waals surface area contributed by atoms with Crippen LogP contribution in [0.25, 0.3) is 0 Å². The normalized spacial score (nSPS) is 10.8. The Kier molecular flexibility index (Phi) is 6.18. The van der Waals surface area contributed by atoms with E-state index < -0.39 is 5.41 Å². The van der Waals surface area contributed by atoms with E-state index >= 15 is 0 Å². The minimum absolute atomic E-state index is 0. The van der Waals surface area contributed by atoms with Gasteiger partial charge in [-0.15, -0.1) is 5.75 Å². The van der Waals surface area contributed by atoms with Crippen LogP contribution < -0.4 is 34.7 Å². The van der Waals surface area contributed by atoms with Gasteiger partial charge in [-0.2, -0.15) is 0 Å². The largest absolute Gasteiger partial charge is 1.00 e. The summed E-state index contributed by atoms with van der Waals surface area (Å²) in [7, 11) is 0. The summed E-state index contributed by atoms with van der Waals surface area (Å²) >= 11 is 0. The third-order valence-corrected chi connectivity index (χ3v) is 4.91. The van der Waals surface area contributed by atoms with Crippen LogP contribution in [-0.2, 0) is 5.41 Å². The maximum absolute atomic E-state index is 11.8. The SMILES string of the molecule is [Na+].[O-]c1ccc(C(c2ccccc2)(c2ccccc2)c2ccccc2)cc1. The molecule has 0 fully saturated rings. The Bertz CT molecular complexity index is 868. The van der Waals surface area contributed by atoms with E-state index in [-0.39, 0.29) is 35.3 Å². The molecule has 0 aliphatic carbocycles. The maximum Gasteiger partial charge on any atom is 1.00 e. The van der Waals surface area contributed by atoms with Gasteiger partial charge in [-0.1, -0.05) is 115 Å². The van der Waals surface area contributed by atoms with Gasteiger partial charge in [-0.05, 0) is 22.3 Å². The van der Waals surface area contributed by atoms with Crippen LogP contribution in [0, 0.1) is 0 Å². The van der Waals surface area contributed by atoms with E-state index in [0.717, 1.165) is 5.56 Å². The smallest absolute Gasteiger partial charge is 0.872 e. The Morgan fingerprint density at radius 3 is 1.04 bits per heavy atom. The van der Waals surface area contributed by atoms with E-state index in [4.69, 9.17) is 0 Å². The molecule has 2 heteroatoms. The first-order chi connectivity index (χ1) is 12.8. The second-order valence-corrected chi connectivity index (χ2v) is 6.37. The van der Waals surface area contributed by atoms with Crippen molar-refractivity contribution in [2.75, 3.05) is 0 Å². The molecule has 0 unspecified atom stereocenters. The Labute approximate surface area is 182 Å². The molecule has 0 saturated heterocycles. The average molecular weight is 358 g/mol. The van der Waals surface area contributed by atoms with Crippen LogP contribution in [0.2, 0.25) is 0 Å². The summed E-state index contributed by atoms with van der Waals surface area (Å²) < 4.78 is 0. The first kappa shape index (κ1) is 19.4. The van der Waals surface area contributed by atoms with E-state index in [1.54, 1.807) is 12.1 Å². The summed E-state index contributed by atoms with van der Waals surface area (Å²) in [5.74, 6) is 0.0248. The number of benzene rings is 4. The van der Waals surface area contributed by atoms with Crippen molar-refractivity contribution in [3.8, 4) is 5.75 Å².